The molecule has 0 saturated heterocycles. The maximum absolute atomic E-state index is 12.6. The van der Waals surface area contributed by atoms with Gasteiger partial charge < -0.3 is 4.57 Å². The minimum atomic E-state index is -3.59. The third-order valence-corrected chi connectivity index (χ3v) is 7.80. The second-order valence-electron chi connectivity index (χ2n) is 6.92. The molecule has 2 aromatic rings. The average Bonchev–Trinajstić information content (AvgIpc) is 3.22. The first-order valence-electron chi connectivity index (χ1n) is 8.82. The molecule has 31 heavy (non-hydrogen) atoms. The lowest BCUT2D eigenvalue weighted by Crippen LogP contribution is -2.35. The van der Waals surface area contributed by atoms with Gasteiger partial charge >= 0.3 is 0 Å². The van der Waals surface area contributed by atoms with Crippen molar-refractivity contribution in [1.82, 2.24) is 9.58 Å². The lowest BCUT2D eigenvalue weighted by Gasteiger charge is -2.20. The van der Waals surface area contributed by atoms with Gasteiger partial charge in [-0.15, -0.1) is 5.10 Å². The molecule has 0 unspecified atom stereocenters. The molecule has 0 atom stereocenters. The Morgan fingerprint density at radius 3 is 2.58 bits per heavy atom. The van der Waals surface area contributed by atoms with E-state index in [0.29, 0.717) is 21.3 Å². The summed E-state index contributed by atoms with van der Waals surface area (Å²) in [7, 11) is -3.59. The number of halogens is 2. The number of sulfone groups is 1. The zero-order valence-corrected chi connectivity index (χ0v) is 19.6. The number of fused-ring (bicyclic) bond motifs is 1. The zero-order valence-electron chi connectivity index (χ0n) is 16.5. The summed E-state index contributed by atoms with van der Waals surface area (Å²) in [5.74, 6) is -0.883. The fourth-order valence-electron chi connectivity index (χ4n) is 3.24. The zero-order chi connectivity index (χ0) is 22.7. The number of hydrogen-bond donors (Lipinski definition) is 1. The number of amides is 1. The van der Waals surface area contributed by atoms with Crippen molar-refractivity contribution in [2.45, 2.75) is 13.8 Å². The molecule has 0 saturated carbocycles. The number of aromatic nitrogens is 1. The van der Waals surface area contributed by atoms with Crippen LogP contribution in [-0.4, -0.2) is 45.5 Å². The summed E-state index contributed by atoms with van der Waals surface area (Å²) in [5, 5.41) is 14.5. The van der Waals surface area contributed by atoms with E-state index >= 15 is 0 Å². The number of benzene rings is 1. The molecule has 8 nitrogen and oxygen atoms in total. The Kier molecular flexibility index (Phi) is 5.37. The first kappa shape index (κ1) is 21.8. The minimum absolute atomic E-state index is 0.000270. The maximum atomic E-state index is 12.6. The standard InChI is InChI=1S/C19H15Cl2N5O3S2/c1-9-6-11(10(2)25(9)15-8-12(20)4-5-14(15)21)7-13-16(22)26-18(23-17(13)27)30-19(24-26)31(3,28)29/h4-8,22H,1-3H3/b13-7-,22-16?. The number of carbonyl (C=O) groups is 1. The number of rotatable bonds is 2. The van der Waals surface area contributed by atoms with Crippen molar-refractivity contribution in [3.05, 3.63) is 56.8 Å². The molecular formula is C19H15Cl2N5O3S2. The van der Waals surface area contributed by atoms with Crippen LogP contribution in [0.2, 0.25) is 10.0 Å². The monoisotopic (exact) mass is 495 g/mol. The van der Waals surface area contributed by atoms with E-state index in [1.54, 1.807) is 24.3 Å². The number of amidine groups is 2. The minimum Gasteiger partial charge on any atom is -0.316 e. The van der Waals surface area contributed by atoms with E-state index in [9.17, 15) is 13.2 Å². The van der Waals surface area contributed by atoms with Crippen LogP contribution in [-0.2, 0) is 14.6 Å². The normalized spacial score (nSPS) is 17.8. The maximum Gasteiger partial charge on any atom is 0.283 e. The molecule has 160 valence electrons. The molecule has 1 aromatic heterocycles. The van der Waals surface area contributed by atoms with E-state index in [0.717, 1.165) is 34.4 Å². The van der Waals surface area contributed by atoms with Gasteiger partial charge in [-0.2, -0.15) is 10.0 Å². The highest BCUT2D eigenvalue weighted by Gasteiger charge is 2.38. The third kappa shape index (κ3) is 3.84. The van der Waals surface area contributed by atoms with Gasteiger partial charge in [-0.25, -0.2) is 8.42 Å². The van der Waals surface area contributed by atoms with Crippen LogP contribution in [0.1, 0.15) is 17.0 Å². The molecule has 0 bridgehead atoms. The Labute approximate surface area is 192 Å². The van der Waals surface area contributed by atoms with Crippen LogP contribution in [0, 0.1) is 19.3 Å². The predicted octanol–water partition coefficient (Wildman–Crippen LogP) is 4.02. The van der Waals surface area contributed by atoms with Crippen LogP contribution in [0.15, 0.2) is 39.9 Å². The van der Waals surface area contributed by atoms with Crippen molar-refractivity contribution < 1.29 is 13.2 Å². The molecule has 0 radical (unpaired) electrons. The highest BCUT2D eigenvalue weighted by molar-refractivity contribution is 8.42. The number of aliphatic imine (C=N–C) groups is 1. The van der Waals surface area contributed by atoms with Gasteiger partial charge in [-0.1, -0.05) is 23.2 Å². The summed E-state index contributed by atoms with van der Waals surface area (Å²) in [5.41, 5.74) is 3.00. The quantitative estimate of drug-likeness (QED) is 0.632. The molecular weight excluding hydrogens is 481 g/mol. The summed E-state index contributed by atoms with van der Waals surface area (Å²) in [6.07, 6.45) is 2.55. The SMILES string of the molecule is Cc1cc(/C=C2/C(=N)N3N=C(S(C)(=O)=O)SC3=NC2=O)c(C)n1-c1cc(Cl)ccc1Cl. The Morgan fingerprint density at radius 1 is 1.19 bits per heavy atom. The van der Waals surface area contributed by atoms with Crippen molar-refractivity contribution in [2.24, 2.45) is 10.1 Å². The molecule has 0 fully saturated rings. The number of nitrogens with zero attached hydrogens (tertiary/aromatic N) is 4. The number of aryl methyl sites for hydroxylation is 1. The summed E-state index contributed by atoms with van der Waals surface area (Å²) >= 11 is 13.2. The predicted molar refractivity (Wildman–Crippen MR) is 125 cm³/mol. The van der Waals surface area contributed by atoms with Gasteiger partial charge in [0.05, 0.1) is 16.3 Å². The highest BCUT2D eigenvalue weighted by Crippen LogP contribution is 2.32. The fourth-order valence-corrected chi connectivity index (χ4v) is 5.29. The van der Waals surface area contributed by atoms with E-state index in [-0.39, 0.29) is 21.0 Å². The van der Waals surface area contributed by atoms with Gasteiger partial charge in [-0.3, -0.25) is 10.2 Å². The van der Waals surface area contributed by atoms with Crippen LogP contribution < -0.4 is 0 Å². The van der Waals surface area contributed by atoms with Crippen LogP contribution in [0.3, 0.4) is 0 Å². The molecule has 0 spiro atoms. The van der Waals surface area contributed by atoms with E-state index in [1.807, 2.05) is 24.5 Å². The largest absolute Gasteiger partial charge is 0.316 e. The highest BCUT2D eigenvalue weighted by atomic mass is 35.5. The molecule has 0 aliphatic carbocycles. The van der Waals surface area contributed by atoms with Crippen molar-refractivity contribution in [1.29, 1.82) is 5.41 Å². The van der Waals surface area contributed by atoms with Crippen LogP contribution in [0.4, 0.5) is 0 Å². The van der Waals surface area contributed by atoms with Gasteiger partial charge in [0.2, 0.25) is 19.4 Å². The molecule has 4 rings (SSSR count). The number of carbonyl (C=O) groups excluding carboxylic acids is 1. The second-order valence-corrected chi connectivity index (χ2v) is 10.9. The number of hydrazone groups is 1. The van der Waals surface area contributed by atoms with Gasteiger partial charge in [0, 0.05) is 22.7 Å². The van der Waals surface area contributed by atoms with E-state index in [1.165, 1.54) is 0 Å². The number of nitrogens with one attached hydrogen (secondary N) is 1. The number of thioether (sulfide) groups is 1. The van der Waals surface area contributed by atoms with E-state index in [2.05, 4.69) is 10.1 Å². The molecule has 3 heterocycles. The van der Waals surface area contributed by atoms with Crippen molar-refractivity contribution in [3.63, 3.8) is 0 Å². The van der Waals surface area contributed by atoms with Crippen molar-refractivity contribution in [3.8, 4) is 5.69 Å². The van der Waals surface area contributed by atoms with E-state index < -0.39 is 15.7 Å². The Bertz CT molecular complexity index is 1370. The van der Waals surface area contributed by atoms with Crippen LogP contribution in [0.5, 0.6) is 0 Å². The summed E-state index contributed by atoms with van der Waals surface area (Å²) in [6, 6.07) is 6.99. The van der Waals surface area contributed by atoms with Gasteiger partial charge in [0.1, 0.15) is 0 Å². The smallest absolute Gasteiger partial charge is 0.283 e. The lowest BCUT2D eigenvalue weighted by atomic mass is 10.1. The first-order chi connectivity index (χ1) is 14.5. The van der Waals surface area contributed by atoms with Crippen molar-refractivity contribution in [2.75, 3.05) is 6.26 Å². The average molecular weight is 496 g/mol. The Hall–Kier alpha value is -2.40. The first-order valence-corrected chi connectivity index (χ1v) is 12.3. The van der Waals surface area contributed by atoms with Gasteiger partial charge in [0.15, 0.2) is 5.84 Å². The lowest BCUT2D eigenvalue weighted by molar-refractivity contribution is -0.114. The molecule has 2 aliphatic rings. The van der Waals surface area contributed by atoms with E-state index in [4.69, 9.17) is 28.6 Å². The van der Waals surface area contributed by atoms with Gasteiger partial charge in [0.25, 0.3) is 5.91 Å². The van der Waals surface area contributed by atoms with Crippen LogP contribution in [0.25, 0.3) is 11.8 Å². The van der Waals surface area contributed by atoms with Crippen LogP contribution >= 0.6 is 35.0 Å². The Morgan fingerprint density at radius 2 is 1.90 bits per heavy atom. The number of hydrogen-bond acceptors (Lipinski definition) is 6. The summed E-state index contributed by atoms with van der Waals surface area (Å²) < 4.78 is 25.3. The topological polar surface area (TPSA) is 108 Å². The molecule has 12 heteroatoms. The third-order valence-electron chi connectivity index (χ3n) is 4.67. The summed E-state index contributed by atoms with van der Waals surface area (Å²) in [4.78, 5) is 16.5. The fraction of sp³-hybridized carbons (Fsp3) is 0.158. The Balaban J connectivity index is 1.78. The second kappa shape index (κ2) is 7.63. The van der Waals surface area contributed by atoms with Crippen molar-refractivity contribution >= 4 is 72.2 Å². The molecule has 1 N–H and O–H groups in total. The molecule has 1 amide bonds. The van der Waals surface area contributed by atoms with Gasteiger partial charge in [-0.05, 0) is 61.5 Å². The molecule has 1 aromatic carbocycles. The summed E-state index contributed by atoms with van der Waals surface area (Å²) in [6.45, 7) is 3.74. The molecule has 2 aliphatic heterocycles.